The Morgan fingerprint density at radius 3 is 2.77 bits per heavy atom. The van der Waals surface area contributed by atoms with Crippen molar-refractivity contribution < 1.29 is 9.53 Å². The molecule has 0 saturated carbocycles. The van der Waals surface area contributed by atoms with Gasteiger partial charge in [-0.2, -0.15) is 5.10 Å². The third-order valence-electron chi connectivity index (χ3n) is 6.34. The van der Waals surface area contributed by atoms with E-state index in [1.54, 1.807) is 12.4 Å². The fraction of sp³-hybridized carbons (Fsp3) is 0.167. The first-order chi connectivity index (χ1) is 19.0. The van der Waals surface area contributed by atoms with E-state index in [-0.39, 0.29) is 18.4 Å². The summed E-state index contributed by atoms with van der Waals surface area (Å²) >= 11 is 3.58. The molecule has 0 saturated heterocycles. The lowest BCUT2D eigenvalue weighted by molar-refractivity contribution is -0.140. The van der Waals surface area contributed by atoms with Crippen LogP contribution in [0.2, 0.25) is 0 Å². The van der Waals surface area contributed by atoms with E-state index in [2.05, 4.69) is 53.1 Å². The van der Waals surface area contributed by atoms with Gasteiger partial charge in [0.2, 0.25) is 0 Å². The molecule has 0 unspecified atom stereocenters. The Labute approximate surface area is 235 Å². The molecule has 1 atom stereocenters. The molecule has 0 amide bonds. The Morgan fingerprint density at radius 1 is 1.10 bits per heavy atom. The van der Waals surface area contributed by atoms with Crippen LogP contribution in [0.4, 0.5) is 5.69 Å². The number of methoxy groups -OCH3 is 1. The van der Waals surface area contributed by atoms with Gasteiger partial charge in [-0.1, -0.05) is 46.3 Å². The molecule has 6 rings (SSSR count). The number of pyridine rings is 1. The highest BCUT2D eigenvalue weighted by molar-refractivity contribution is 9.10. The van der Waals surface area contributed by atoms with Gasteiger partial charge >= 0.3 is 5.97 Å². The number of nitrogens with one attached hydrogen (secondary N) is 1. The van der Waals surface area contributed by atoms with Crippen LogP contribution in [0.5, 0.6) is 0 Å². The van der Waals surface area contributed by atoms with E-state index in [1.165, 1.54) is 12.7 Å². The number of carbonyl (C=O) groups excluding carboxylic acids is 1. The largest absolute Gasteiger partial charge is 0.469 e. The lowest BCUT2D eigenvalue weighted by atomic mass is 10.0. The lowest BCUT2D eigenvalue weighted by Gasteiger charge is -2.14. The summed E-state index contributed by atoms with van der Waals surface area (Å²) in [5.74, 6) is 0.560. The van der Waals surface area contributed by atoms with Crippen molar-refractivity contribution in [3.63, 3.8) is 0 Å². The number of nitrogens with zero attached hydrogens (tertiary/aromatic N) is 5. The molecule has 8 nitrogen and oxygen atoms in total. The summed E-state index contributed by atoms with van der Waals surface area (Å²) in [5, 5.41) is 3.95. The van der Waals surface area contributed by atoms with E-state index in [4.69, 9.17) is 9.73 Å². The average molecular weight is 583 g/mol. The summed E-state index contributed by atoms with van der Waals surface area (Å²) in [4.78, 5) is 25.9. The number of allylic oxidation sites excluding steroid dienone is 1. The minimum atomic E-state index is -0.281. The summed E-state index contributed by atoms with van der Waals surface area (Å²) in [6.07, 6.45) is 10.1. The van der Waals surface area contributed by atoms with Crippen LogP contribution in [0, 0.1) is 6.92 Å². The maximum absolute atomic E-state index is 11.8. The number of para-hydroxylation sites is 1. The molecule has 2 aliphatic heterocycles. The Morgan fingerprint density at radius 2 is 1.95 bits per heavy atom. The molecule has 0 aliphatic carbocycles. The van der Waals surface area contributed by atoms with Crippen LogP contribution in [0.1, 0.15) is 47.2 Å². The molecule has 39 heavy (non-hydrogen) atoms. The molecule has 0 spiro atoms. The number of hydrazone groups is 1. The van der Waals surface area contributed by atoms with Crippen LogP contribution in [0.3, 0.4) is 0 Å². The van der Waals surface area contributed by atoms with Crippen molar-refractivity contribution in [2.75, 3.05) is 12.5 Å². The maximum Gasteiger partial charge on any atom is 0.305 e. The van der Waals surface area contributed by atoms with E-state index >= 15 is 0 Å². The second-order valence-electron chi connectivity index (χ2n) is 8.91. The topological polar surface area (TPSA) is 93.8 Å². The normalized spacial score (nSPS) is 14.7. The Hall–Kier alpha value is -4.37. The molecule has 2 aliphatic rings. The number of rotatable bonds is 4. The van der Waals surface area contributed by atoms with Crippen molar-refractivity contribution in [3.8, 4) is 5.69 Å². The molecule has 1 N–H and O–H groups in total. The first-order valence-electron chi connectivity index (χ1n) is 12.5. The van der Waals surface area contributed by atoms with Gasteiger partial charge in [0.1, 0.15) is 11.9 Å². The molecule has 2 aromatic carbocycles. The van der Waals surface area contributed by atoms with Gasteiger partial charge in [-0.3, -0.25) is 24.8 Å². The SMILES string of the molecule is C1=Cc2ccccc2NN=C1.COC(=O)CC[C@@H]1N=C(c2ccccn2)c2cc(Br)ccc2-n2c(C)cnc21. The van der Waals surface area contributed by atoms with Gasteiger partial charge < -0.3 is 4.74 Å². The number of carbonyl (C=O) groups is 1. The number of hydrogen-bond acceptors (Lipinski definition) is 7. The van der Waals surface area contributed by atoms with Crippen LogP contribution in [-0.2, 0) is 9.53 Å². The highest BCUT2D eigenvalue weighted by Gasteiger charge is 2.28. The predicted octanol–water partition coefficient (Wildman–Crippen LogP) is 6.29. The monoisotopic (exact) mass is 582 g/mol. The highest BCUT2D eigenvalue weighted by atomic mass is 79.9. The number of aryl methyl sites for hydroxylation is 1. The quantitative estimate of drug-likeness (QED) is 0.285. The van der Waals surface area contributed by atoms with Crippen LogP contribution in [0.25, 0.3) is 11.8 Å². The number of benzene rings is 2. The smallest absolute Gasteiger partial charge is 0.305 e. The van der Waals surface area contributed by atoms with Crippen molar-refractivity contribution in [2.45, 2.75) is 25.8 Å². The number of aliphatic imine (C=N–C) groups is 1. The van der Waals surface area contributed by atoms with Crippen LogP contribution >= 0.6 is 15.9 Å². The van der Waals surface area contributed by atoms with E-state index in [0.717, 1.165) is 44.3 Å². The highest BCUT2D eigenvalue weighted by Crippen LogP contribution is 2.34. The minimum Gasteiger partial charge on any atom is -0.469 e. The standard InChI is InChI=1S/C21H19BrN4O2.C9H8N2/c1-13-12-24-21-17(7-9-19(27)28-2)25-20(16-5-3-4-10-23-16)15-11-14(22)6-8-18(15)26(13)21;1-2-6-9-8(4-1)5-3-7-10-11-9/h3-6,8,10-12,17H,7,9H2,1-2H3;1-7,11H/t17-;/m0./s1. The zero-order valence-corrected chi connectivity index (χ0v) is 23.2. The second-order valence-corrected chi connectivity index (χ2v) is 9.83. The molecule has 0 bridgehead atoms. The molecule has 2 aromatic heterocycles. The number of anilines is 1. The van der Waals surface area contributed by atoms with Crippen LogP contribution in [-0.4, -0.2) is 39.5 Å². The minimum absolute atomic E-state index is 0.256. The Balaban J connectivity index is 0.000000233. The third kappa shape index (κ3) is 5.88. The van der Waals surface area contributed by atoms with Crippen LogP contribution < -0.4 is 5.43 Å². The van der Waals surface area contributed by atoms with Gasteiger partial charge in [-0.15, -0.1) is 0 Å². The van der Waals surface area contributed by atoms with Crippen molar-refractivity contribution in [3.05, 3.63) is 112 Å². The molecule has 9 heteroatoms. The van der Waals surface area contributed by atoms with E-state index < -0.39 is 0 Å². The van der Waals surface area contributed by atoms with Gasteiger partial charge in [-0.25, -0.2) is 4.98 Å². The van der Waals surface area contributed by atoms with E-state index in [9.17, 15) is 4.79 Å². The Bertz CT molecular complexity index is 1580. The number of ether oxygens (including phenoxy) is 1. The maximum atomic E-state index is 11.8. The summed E-state index contributed by atoms with van der Waals surface area (Å²) in [5.41, 5.74) is 9.71. The van der Waals surface area contributed by atoms with Gasteiger partial charge in [-0.05, 0) is 61.4 Å². The van der Waals surface area contributed by atoms with Crippen molar-refractivity contribution in [2.24, 2.45) is 10.1 Å². The van der Waals surface area contributed by atoms with Crippen molar-refractivity contribution in [1.82, 2.24) is 14.5 Å². The van der Waals surface area contributed by atoms with E-state index in [0.29, 0.717) is 6.42 Å². The number of imidazole rings is 1. The molecule has 0 fully saturated rings. The summed E-state index contributed by atoms with van der Waals surface area (Å²) in [6.45, 7) is 2.02. The Kier molecular flexibility index (Phi) is 8.07. The zero-order chi connectivity index (χ0) is 27.2. The van der Waals surface area contributed by atoms with E-state index in [1.807, 2.05) is 73.8 Å². The number of halogens is 1. The van der Waals surface area contributed by atoms with Gasteiger partial charge in [0.25, 0.3) is 0 Å². The summed E-state index contributed by atoms with van der Waals surface area (Å²) in [6, 6.07) is 19.7. The molecular formula is C30H27BrN6O2. The average Bonchev–Trinajstić information content (AvgIpc) is 3.13. The number of hydrogen-bond donors (Lipinski definition) is 1. The number of aromatic nitrogens is 3. The van der Waals surface area contributed by atoms with Crippen LogP contribution in [0.15, 0.2) is 93.7 Å². The van der Waals surface area contributed by atoms with Crippen molar-refractivity contribution in [1.29, 1.82) is 0 Å². The number of fused-ring (bicyclic) bond motifs is 4. The molecule has 0 radical (unpaired) electrons. The van der Waals surface area contributed by atoms with Gasteiger partial charge in [0, 0.05) is 40.8 Å². The van der Waals surface area contributed by atoms with Gasteiger partial charge in [0.15, 0.2) is 0 Å². The predicted molar refractivity (Wildman–Crippen MR) is 157 cm³/mol. The molecule has 4 aromatic rings. The second kappa shape index (κ2) is 12.0. The molecule has 4 heterocycles. The first-order valence-corrected chi connectivity index (χ1v) is 13.3. The fourth-order valence-electron chi connectivity index (χ4n) is 4.48. The summed E-state index contributed by atoms with van der Waals surface area (Å²) in [7, 11) is 1.40. The molecule has 196 valence electrons. The third-order valence-corrected chi connectivity index (χ3v) is 6.84. The fourth-order valence-corrected chi connectivity index (χ4v) is 4.84. The number of esters is 1. The summed E-state index contributed by atoms with van der Waals surface area (Å²) < 4.78 is 7.90. The lowest BCUT2D eigenvalue weighted by Crippen LogP contribution is -2.09. The van der Waals surface area contributed by atoms with Crippen molar-refractivity contribution >= 4 is 45.6 Å². The van der Waals surface area contributed by atoms with Gasteiger partial charge in [0.05, 0.1) is 29.9 Å². The first kappa shape index (κ1) is 26.2. The zero-order valence-electron chi connectivity index (χ0n) is 21.6. The molecular weight excluding hydrogens is 556 g/mol.